The quantitative estimate of drug-likeness (QED) is 0.783. The molecule has 0 bridgehead atoms. The van der Waals surface area contributed by atoms with Crippen molar-refractivity contribution in [3.05, 3.63) is 30.3 Å². The predicted octanol–water partition coefficient (Wildman–Crippen LogP) is 2.32. The minimum Gasteiger partial charge on any atom is -0.349 e. The standard InChI is InChI=1S/C19H28N4O2/c20-14-19(10-4-5-11-19)22-17(24)15-7-6-12-23(13-15)18(25)21-16-8-2-1-3-9-16/h1-3,8-9,15H,4-7,10-14,20H2,(H,21,25)(H,22,24). The summed E-state index contributed by atoms with van der Waals surface area (Å²) in [6.45, 7) is 1.64. The smallest absolute Gasteiger partial charge is 0.321 e. The molecule has 1 aromatic rings. The molecule has 1 aliphatic carbocycles. The van der Waals surface area contributed by atoms with E-state index < -0.39 is 0 Å². The highest BCUT2D eigenvalue weighted by molar-refractivity contribution is 5.90. The largest absolute Gasteiger partial charge is 0.349 e. The number of hydrogen-bond acceptors (Lipinski definition) is 3. The summed E-state index contributed by atoms with van der Waals surface area (Å²) in [5.41, 5.74) is 6.46. The zero-order chi connectivity index (χ0) is 17.7. The lowest BCUT2D eigenvalue weighted by Crippen LogP contribution is -2.55. The Kier molecular flexibility index (Phi) is 5.58. The van der Waals surface area contributed by atoms with Crippen LogP contribution in [0.4, 0.5) is 10.5 Å². The van der Waals surface area contributed by atoms with E-state index in [4.69, 9.17) is 5.73 Å². The van der Waals surface area contributed by atoms with Crippen LogP contribution in [0.3, 0.4) is 0 Å². The molecule has 6 heteroatoms. The molecule has 2 fully saturated rings. The topological polar surface area (TPSA) is 87.5 Å². The van der Waals surface area contributed by atoms with Gasteiger partial charge in [-0.3, -0.25) is 4.79 Å². The maximum atomic E-state index is 12.7. The first-order valence-electron chi connectivity index (χ1n) is 9.25. The van der Waals surface area contributed by atoms with Gasteiger partial charge >= 0.3 is 6.03 Å². The number of nitrogens with two attached hydrogens (primary N) is 1. The molecule has 3 amide bonds. The van der Waals surface area contributed by atoms with Gasteiger partial charge in [0.05, 0.1) is 11.5 Å². The number of urea groups is 1. The van der Waals surface area contributed by atoms with E-state index in [1.807, 2.05) is 30.3 Å². The lowest BCUT2D eigenvalue weighted by atomic mass is 9.93. The van der Waals surface area contributed by atoms with Gasteiger partial charge in [0.1, 0.15) is 0 Å². The molecule has 1 aliphatic heterocycles. The van der Waals surface area contributed by atoms with Crippen LogP contribution in [0.1, 0.15) is 38.5 Å². The van der Waals surface area contributed by atoms with Crippen LogP contribution < -0.4 is 16.4 Å². The molecule has 1 saturated carbocycles. The SMILES string of the molecule is NCC1(NC(=O)C2CCCN(C(=O)Nc3ccccc3)C2)CCCC1. The van der Waals surface area contributed by atoms with E-state index in [1.54, 1.807) is 4.90 Å². The lowest BCUT2D eigenvalue weighted by molar-refractivity contribution is -0.128. The summed E-state index contributed by atoms with van der Waals surface area (Å²) in [6, 6.07) is 9.26. The number of amides is 3. The van der Waals surface area contributed by atoms with Crippen molar-refractivity contribution < 1.29 is 9.59 Å². The molecule has 1 saturated heterocycles. The second-order valence-corrected chi connectivity index (χ2v) is 7.26. The summed E-state index contributed by atoms with van der Waals surface area (Å²) in [7, 11) is 0. The summed E-state index contributed by atoms with van der Waals surface area (Å²) in [5, 5.41) is 6.10. The van der Waals surface area contributed by atoms with Crippen molar-refractivity contribution >= 4 is 17.6 Å². The number of para-hydroxylation sites is 1. The number of likely N-dealkylation sites (tertiary alicyclic amines) is 1. The van der Waals surface area contributed by atoms with Crippen molar-refractivity contribution in [2.75, 3.05) is 25.0 Å². The Morgan fingerprint density at radius 2 is 1.88 bits per heavy atom. The number of nitrogens with zero attached hydrogens (tertiary/aromatic N) is 1. The van der Waals surface area contributed by atoms with Gasteiger partial charge in [0.15, 0.2) is 0 Å². The minimum absolute atomic E-state index is 0.0459. The average molecular weight is 344 g/mol. The average Bonchev–Trinajstić information content (AvgIpc) is 3.11. The summed E-state index contributed by atoms with van der Waals surface area (Å²) in [6.07, 6.45) is 5.82. The van der Waals surface area contributed by atoms with Crippen LogP contribution in [0, 0.1) is 5.92 Å². The third-order valence-corrected chi connectivity index (χ3v) is 5.44. The van der Waals surface area contributed by atoms with E-state index in [0.717, 1.165) is 44.2 Å². The van der Waals surface area contributed by atoms with E-state index in [-0.39, 0.29) is 23.4 Å². The van der Waals surface area contributed by atoms with Gasteiger partial charge < -0.3 is 21.3 Å². The van der Waals surface area contributed by atoms with Crippen molar-refractivity contribution in [2.24, 2.45) is 11.7 Å². The highest BCUT2D eigenvalue weighted by atomic mass is 16.2. The van der Waals surface area contributed by atoms with Gasteiger partial charge in [-0.15, -0.1) is 0 Å². The van der Waals surface area contributed by atoms with E-state index in [2.05, 4.69) is 10.6 Å². The number of hydrogen-bond donors (Lipinski definition) is 3. The molecule has 2 aliphatic rings. The molecule has 4 N–H and O–H groups in total. The van der Waals surface area contributed by atoms with Gasteiger partial charge in [0.25, 0.3) is 0 Å². The monoisotopic (exact) mass is 344 g/mol. The number of nitrogens with one attached hydrogen (secondary N) is 2. The minimum atomic E-state index is -0.230. The van der Waals surface area contributed by atoms with Gasteiger partial charge in [-0.1, -0.05) is 31.0 Å². The summed E-state index contributed by atoms with van der Waals surface area (Å²) < 4.78 is 0. The third-order valence-electron chi connectivity index (χ3n) is 5.44. The predicted molar refractivity (Wildman–Crippen MR) is 98.2 cm³/mol. The van der Waals surface area contributed by atoms with E-state index >= 15 is 0 Å². The number of carbonyl (C=O) groups is 2. The number of piperidine rings is 1. The maximum absolute atomic E-state index is 12.7. The molecular weight excluding hydrogens is 316 g/mol. The molecule has 1 atom stereocenters. The Hall–Kier alpha value is -2.08. The third kappa shape index (κ3) is 4.31. The fourth-order valence-electron chi connectivity index (χ4n) is 3.89. The van der Waals surface area contributed by atoms with Crippen LogP contribution in [0.25, 0.3) is 0 Å². The first-order valence-corrected chi connectivity index (χ1v) is 9.25. The van der Waals surface area contributed by atoms with Gasteiger partial charge in [0.2, 0.25) is 5.91 Å². The molecule has 6 nitrogen and oxygen atoms in total. The van der Waals surface area contributed by atoms with Gasteiger partial charge in [-0.2, -0.15) is 0 Å². The van der Waals surface area contributed by atoms with Crippen LogP contribution in [0.5, 0.6) is 0 Å². The number of rotatable bonds is 4. The number of anilines is 1. The molecule has 136 valence electrons. The fraction of sp³-hybridized carbons (Fsp3) is 0.579. The molecule has 25 heavy (non-hydrogen) atoms. The fourth-order valence-corrected chi connectivity index (χ4v) is 3.89. The van der Waals surface area contributed by atoms with Crippen LogP contribution in [-0.2, 0) is 4.79 Å². The zero-order valence-electron chi connectivity index (χ0n) is 14.7. The van der Waals surface area contributed by atoms with E-state index in [0.29, 0.717) is 19.6 Å². The summed E-state index contributed by atoms with van der Waals surface area (Å²) >= 11 is 0. The van der Waals surface area contributed by atoms with Gasteiger partial charge in [-0.05, 0) is 37.8 Å². The van der Waals surface area contributed by atoms with Crippen LogP contribution >= 0.6 is 0 Å². The van der Waals surface area contributed by atoms with Crippen molar-refractivity contribution in [1.29, 1.82) is 0 Å². The van der Waals surface area contributed by atoms with Crippen molar-refractivity contribution in [2.45, 2.75) is 44.1 Å². The van der Waals surface area contributed by atoms with Crippen LogP contribution in [-0.4, -0.2) is 42.0 Å². The normalized spacial score (nSPS) is 22.4. The van der Waals surface area contributed by atoms with Gasteiger partial charge in [0, 0.05) is 25.3 Å². The molecule has 3 rings (SSSR count). The highest BCUT2D eigenvalue weighted by Gasteiger charge is 2.37. The molecule has 0 aromatic heterocycles. The molecule has 1 unspecified atom stereocenters. The Balaban J connectivity index is 1.57. The van der Waals surface area contributed by atoms with E-state index in [1.165, 1.54) is 0 Å². The second kappa shape index (κ2) is 7.87. The maximum Gasteiger partial charge on any atom is 0.321 e. The first-order chi connectivity index (χ1) is 12.1. The second-order valence-electron chi connectivity index (χ2n) is 7.26. The van der Waals surface area contributed by atoms with Crippen molar-refractivity contribution in [3.8, 4) is 0 Å². The molecule has 0 spiro atoms. The Morgan fingerprint density at radius 1 is 1.16 bits per heavy atom. The van der Waals surface area contributed by atoms with Crippen LogP contribution in [0.2, 0.25) is 0 Å². The van der Waals surface area contributed by atoms with Gasteiger partial charge in [-0.25, -0.2) is 4.79 Å². The molecule has 1 heterocycles. The van der Waals surface area contributed by atoms with Crippen molar-refractivity contribution in [3.63, 3.8) is 0 Å². The Labute approximate surface area is 149 Å². The number of benzene rings is 1. The Bertz CT molecular complexity index is 599. The Morgan fingerprint density at radius 3 is 2.56 bits per heavy atom. The van der Waals surface area contributed by atoms with E-state index in [9.17, 15) is 9.59 Å². The van der Waals surface area contributed by atoms with Crippen LogP contribution in [0.15, 0.2) is 30.3 Å². The summed E-state index contributed by atoms with van der Waals surface area (Å²) in [4.78, 5) is 26.9. The first kappa shape index (κ1) is 17.7. The molecular formula is C19H28N4O2. The van der Waals surface area contributed by atoms with Crippen molar-refractivity contribution in [1.82, 2.24) is 10.2 Å². The molecule has 0 radical (unpaired) electrons. The highest BCUT2D eigenvalue weighted by Crippen LogP contribution is 2.29. The summed E-state index contributed by atoms with van der Waals surface area (Å²) in [5.74, 6) is -0.108. The zero-order valence-corrected chi connectivity index (χ0v) is 14.7. The lowest BCUT2D eigenvalue weighted by Gasteiger charge is -2.35. The number of carbonyl (C=O) groups excluding carboxylic acids is 2. The molecule has 1 aromatic carbocycles.